The van der Waals surface area contributed by atoms with Gasteiger partial charge in [0.1, 0.15) is 5.69 Å². The van der Waals surface area contributed by atoms with E-state index >= 15 is 0 Å². The van der Waals surface area contributed by atoms with Gasteiger partial charge in [-0.3, -0.25) is 14.6 Å². The monoisotopic (exact) mass is 267 g/mol. The number of rotatable bonds is 1. The van der Waals surface area contributed by atoms with Gasteiger partial charge in [0.25, 0.3) is 5.91 Å². The maximum Gasteiger partial charge on any atom is 0.272 e. The molecule has 5 nitrogen and oxygen atoms in total. The first kappa shape index (κ1) is 12.8. The van der Waals surface area contributed by atoms with Crippen molar-refractivity contribution in [2.45, 2.75) is 6.92 Å². The van der Waals surface area contributed by atoms with Crippen LogP contribution in [0.3, 0.4) is 0 Å². The molecule has 0 unspecified atom stereocenters. The van der Waals surface area contributed by atoms with Crippen LogP contribution in [0.25, 0.3) is 0 Å². The molecule has 96 valence electrons. The van der Waals surface area contributed by atoms with Gasteiger partial charge in [0.05, 0.1) is 0 Å². The normalized spacial score (nSPS) is 15.7. The van der Waals surface area contributed by atoms with E-state index in [1.807, 2.05) is 0 Å². The third kappa shape index (κ3) is 2.79. The lowest BCUT2D eigenvalue weighted by atomic mass is 10.2. The number of aromatic nitrogens is 1. The highest BCUT2D eigenvalue weighted by atomic mass is 35.5. The zero-order valence-electron chi connectivity index (χ0n) is 10.1. The standard InChI is InChI=1S/C12H14ClN3O2/c1-9(17)15-4-6-16(7-5-15)12(18)11-8-10(13)2-3-14-11/h2-3,8H,4-7H2,1H3. The first-order valence-electron chi connectivity index (χ1n) is 5.74. The van der Waals surface area contributed by atoms with Gasteiger partial charge in [0.15, 0.2) is 0 Å². The molecule has 1 fully saturated rings. The van der Waals surface area contributed by atoms with Crippen LogP contribution < -0.4 is 0 Å². The number of pyridine rings is 1. The molecule has 0 N–H and O–H groups in total. The molecule has 0 aromatic carbocycles. The van der Waals surface area contributed by atoms with E-state index in [9.17, 15) is 9.59 Å². The van der Waals surface area contributed by atoms with Gasteiger partial charge in [-0.15, -0.1) is 0 Å². The molecule has 1 aromatic heterocycles. The summed E-state index contributed by atoms with van der Waals surface area (Å²) in [6, 6.07) is 3.19. The highest BCUT2D eigenvalue weighted by Crippen LogP contribution is 2.11. The van der Waals surface area contributed by atoms with Gasteiger partial charge in [-0.2, -0.15) is 0 Å². The summed E-state index contributed by atoms with van der Waals surface area (Å²) in [5, 5.41) is 0.496. The van der Waals surface area contributed by atoms with Gasteiger partial charge >= 0.3 is 0 Å². The van der Waals surface area contributed by atoms with E-state index < -0.39 is 0 Å². The predicted molar refractivity (Wildman–Crippen MR) is 67.4 cm³/mol. The molecule has 1 saturated heterocycles. The molecule has 1 aliphatic rings. The average molecular weight is 268 g/mol. The lowest BCUT2D eigenvalue weighted by Gasteiger charge is -2.34. The highest BCUT2D eigenvalue weighted by Gasteiger charge is 2.23. The minimum atomic E-state index is -0.138. The van der Waals surface area contributed by atoms with E-state index in [1.54, 1.807) is 21.9 Å². The Morgan fingerprint density at radius 1 is 1.22 bits per heavy atom. The van der Waals surface area contributed by atoms with E-state index in [4.69, 9.17) is 11.6 Å². The summed E-state index contributed by atoms with van der Waals surface area (Å²) in [6.45, 7) is 3.75. The molecule has 0 spiro atoms. The molecule has 0 bridgehead atoms. The van der Waals surface area contributed by atoms with E-state index in [0.717, 1.165) is 0 Å². The summed E-state index contributed by atoms with van der Waals surface area (Å²) in [5.74, 6) is -0.0938. The summed E-state index contributed by atoms with van der Waals surface area (Å²) in [7, 11) is 0. The molecule has 0 aliphatic carbocycles. The quantitative estimate of drug-likeness (QED) is 0.764. The Morgan fingerprint density at radius 3 is 2.39 bits per heavy atom. The minimum absolute atomic E-state index is 0.0444. The predicted octanol–water partition coefficient (Wildman–Crippen LogP) is 1.04. The molecule has 0 saturated carbocycles. The van der Waals surface area contributed by atoms with Crippen LogP contribution in [0.2, 0.25) is 5.02 Å². The highest BCUT2D eigenvalue weighted by molar-refractivity contribution is 6.30. The Kier molecular flexibility index (Phi) is 3.81. The second kappa shape index (κ2) is 5.35. The van der Waals surface area contributed by atoms with Crippen molar-refractivity contribution in [3.05, 3.63) is 29.0 Å². The maximum absolute atomic E-state index is 12.1. The van der Waals surface area contributed by atoms with Gasteiger partial charge in [0, 0.05) is 44.3 Å². The third-order valence-corrected chi connectivity index (χ3v) is 3.19. The van der Waals surface area contributed by atoms with Crippen LogP contribution in [0.4, 0.5) is 0 Å². The van der Waals surface area contributed by atoms with Crippen molar-refractivity contribution in [1.82, 2.24) is 14.8 Å². The van der Waals surface area contributed by atoms with Gasteiger partial charge in [-0.25, -0.2) is 0 Å². The van der Waals surface area contributed by atoms with E-state index in [0.29, 0.717) is 36.9 Å². The zero-order chi connectivity index (χ0) is 13.1. The van der Waals surface area contributed by atoms with Crippen molar-refractivity contribution in [2.24, 2.45) is 0 Å². The minimum Gasteiger partial charge on any atom is -0.339 e. The lowest BCUT2D eigenvalue weighted by molar-refractivity contribution is -0.130. The van der Waals surface area contributed by atoms with Gasteiger partial charge in [-0.05, 0) is 12.1 Å². The van der Waals surface area contributed by atoms with Crippen LogP contribution >= 0.6 is 11.6 Å². The number of hydrogen-bond donors (Lipinski definition) is 0. The number of piperazine rings is 1. The van der Waals surface area contributed by atoms with Crippen LogP contribution in [0, 0.1) is 0 Å². The van der Waals surface area contributed by atoms with Crippen molar-refractivity contribution in [3.63, 3.8) is 0 Å². The molecule has 18 heavy (non-hydrogen) atoms. The second-order valence-electron chi connectivity index (χ2n) is 4.16. The summed E-state index contributed by atoms with van der Waals surface area (Å²) in [4.78, 5) is 30.7. The third-order valence-electron chi connectivity index (χ3n) is 2.95. The van der Waals surface area contributed by atoms with Gasteiger partial charge in [0.2, 0.25) is 5.91 Å². The summed E-state index contributed by atoms with van der Waals surface area (Å²) in [6.07, 6.45) is 1.52. The number of amides is 2. The van der Waals surface area contributed by atoms with Crippen molar-refractivity contribution in [1.29, 1.82) is 0 Å². The largest absolute Gasteiger partial charge is 0.339 e. The summed E-state index contributed by atoms with van der Waals surface area (Å²) >= 11 is 5.83. The van der Waals surface area contributed by atoms with E-state index in [2.05, 4.69) is 4.98 Å². The molecule has 0 radical (unpaired) electrons. The van der Waals surface area contributed by atoms with Crippen LogP contribution in [-0.2, 0) is 4.79 Å². The van der Waals surface area contributed by atoms with E-state index in [1.165, 1.54) is 13.1 Å². The Morgan fingerprint density at radius 2 is 1.83 bits per heavy atom. The van der Waals surface area contributed by atoms with Gasteiger partial charge < -0.3 is 9.80 Å². The molecule has 2 heterocycles. The van der Waals surface area contributed by atoms with Crippen molar-refractivity contribution >= 4 is 23.4 Å². The van der Waals surface area contributed by atoms with Crippen molar-refractivity contribution < 1.29 is 9.59 Å². The van der Waals surface area contributed by atoms with Crippen LogP contribution in [-0.4, -0.2) is 52.8 Å². The Labute approximate surface area is 110 Å². The lowest BCUT2D eigenvalue weighted by Crippen LogP contribution is -2.50. The topological polar surface area (TPSA) is 53.5 Å². The maximum atomic E-state index is 12.1. The Balaban J connectivity index is 2.02. The fourth-order valence-corrected chi connectivity index (χ4v) is 2.07. The number of carbonyl (C=O) groups excluding carboxylic acids is 2. The Hall–Kier alpha value is -1.62. The Bertz CT molecular complexity index is 470. The van der Waals surface area contributed by atoms with E-state index in [-0.39, 0.29) is 11.8 Å². The number of hydrogen-bond acceptors (Lipinski definition) is 3. The molecule has 2 rings (SSSR count). The molecular formula is C12H14ClN3O2. The number of nitrogens with zero attached hydrogens (tertiary/aromatic N) is 3. The SMILES string of the molecule is CC(=O)N1CCN(C(=O)c2cc(Cl)ccn2)CC1. The van der Waals surface area contributed by atoms with Crippen LogP contribution in [0.1, 0.15) is 17.4 Å². The first-order chi connectivity index (χ1) is 8.58. The molecule has 6 heteroatoms. The van der Waals surface area contributed by atoms with Crippen molar-refractivity contribution in [3.8, 4) is 0 Å². The summed E-state index contributed by atoms with van der Waals surface area (Å²) in [5.41, 5.74) is 0.346. The fraction of sp³-hybridized carbons (Fsp3) is 0.417. The zero-order valence-corrected chi connectivity index (χ0v) is 10.9. The van der Waals surface area contributed by atoms with Gasteiger partial charge in [-0.1, -0.05) is 11.6 Å². The number of carbonyl (C=O) groups is 2. The summed E-state index contributed by atoms with van der Waals surface area (Å²) < 4.78 is 0. The molecule has 2 amide bonds. The molecular weight excluding hydrogens is 254 g/mol. The van der Waals surface area contributed by atoms with Crippen LogP contribution in [0.15, 0.2) is 18.3 Å². The number of halogens is 1. The smallest absolute Gasteiger partial charge is 0.272 e. The molecule has 0 atom stereocenters. The average Bonchev–Trinajstić information content (AvgIpc) is 2.38. The van der Waals surface area contributed by atoms with Crippen molar-refractivity contribution in [2.75, 3.05) is 26.2 Å². The molecule has 1 aliphatic heterocycles. The molecule has 1 aromatic rings. The fourth-order valence-electron chi connectivity index (χ4n) is 1.91. The first-order valence-corrected chi connectivity index (χ1v) is 6.12. The van der Waals surface area contributed by atoms with Crippen LogP contribution in [0.5, 0.6) is 0 Å². The second-order valence-corrected chi connectivity index (χ2v) is 4.59.